The van der Waals surface area contributed by atoms with E-state index in [1.54, 1.807) is 11.8 Å². The van der Waals surface area contributed by atoms with Gasteiger partial charge in [-0.1, -0.05) is 41.9 Å². The lowest BCUT2D eigenvalue weighted by molar-refractivity contribution is -0.116. The average Bonchev–Trinajstić information content (AvgIpc) is 3.05. The zero-order valence-corrected chi connectivity index (χ0v) is 15.0. The number of hydrogen-bond donors (Lipinski definition) is 1. The molecule has 1 aromatic heterocycles. The number of ether oxygens (including phenoxy) is 1. The van der Waals surface area contributed by atoms with Crippen molar-refractivity contribution in [3.8, 4) is 5.75 Å². The second-order valence-electron chi connectivity index (χ2n) is 6.28. The fourth-order valence-corrected chi connectivity index (χ4v) is 3.53. The topological polar surface area (TPSA) is 56.1 Å². The van der Waals surface area contributed by atoms with Crippen LogP contribution in [0.4, 0.5) is 5.82 Å². The molecule has 1 aliphatic rings. The van der Waals surface area contributed by atoms with Gasteiger partial charge in [-0.3, -0.25) is 4.79 Å². The molecule has 0 aliphatic carbocycles. The summed E-state index contributed by atoms with van der Waals surface area (Å²) >= 11 is 6.27. The van der Waals surface area contributed by atoms with Crippen molar-refractivity contribution < 1.29 is 9.53 Å². The number of methoxy groups -OCH3 is 1. The summed E-state index contributed by atoms with van der Waals surface area (Å²) in [6, 6.07) is 15.5. The molecule has 0 spiro atoms. The summed E-state index contributed by atoms with van der Waals surface area (Å²) in [4.78, 5) is 12.3. The molecule has 132 valence electrons. The zero-order chi connectivity index (χ0) is 18.1. The van der Waals surface area contributed by atoms with Crippen molar-refractivity contribution in [3.05, 3.63) is 76.4 Å². The smallest absolute Gasteiger partial charge is 0.226 e. The van der Waals surface area contributed by atoms with E-state index in [1.165, 1.54) is 0 Å². The summed E-state index contributed by atoms with van der Waals surface area (Å²) in [6.45, 7) is 0.500. The molecule has 1 aliphatic heterocycles. The lowest BCUT2D eigenvalue weighted by Gasteiger charge is -2.24. The van der Waals surface area contributed by atoms with Crippen molar-refractivity contribution in [2.75, 3.05) is 12.4 Å². The van der Waals surface area contributed by atoms with Crippen LogP contribution >= 0.6 is 11.6 Å². The van der Waals surface area contributed by atoms with E-state index in [2.05, 4.69) is 10.4 Å². The highest BCUT2D eigenvalue weighted by atomic mass is 35.5. The van der Waals surface area contributed by atoms with E-state index >= 15 is 0 Å². The predicted octanol–water partition coefficient (Wildman–Crippen LogP) is 4.07. The number of carbonyl (C=O) groups is 1. The maximum atomic E-state index is 12.3. The van der Waals surface area contributed by atoms with Crippen LogP contribution in [0.5, 0.6) is 5.75 Å². The number of anilines is 1. The molecule has 0 saturated carbocycles. The number of aromatic nitrogens is 2. The Bertz CT molecular complexity index is 967. The van der Waals surface area contributed by atoms with Gasteiger partial charge >= 0.3 is 0 Å². The Labute approximate surface area is 156 Å². The molecule has 0 saturated heterocycles. The maximum Gasteiger partial charge on any atom is 0.226 e. The third-order valence-corrected chi connectivity index (χ3v) is 5.03. The first-order chi connectivity index (χ1) is 12.7. The van der Waals surface area contributed by atoms with Gasteiger partial charge in [0.1, 0.15) is 11.6 Å². The molecule has 3 aromatic rings. The molecule has 6 heteroatoms. The van der Waals surface area contributed by atoms with Gasteiger partial charge in [0.05, 0.1) is 19.9 Å². The van der Waals surface area contributed by atoms with Crippen molar-refractivity contribution in [2.24, 2.45) is 0 Å². The van der Waals surface area contributed by atoms with E-state index < -0.39 is 0 Å². The first-order valence-corrected chi connectivity index (χ1v) is 8.76. The van der Waals surface area contributed by atoms with Crippen LogP contribution in [0.1, 0.15) is 29.0 Å². The van der Waals surface area contributed by atoms with Crippen molar-refractivity contribution in [2.45, 2.75) is 18.9 Å². The summed E-state index contributed by atoms with van der Waals surface area (Å²) < 4.78 is 7.11. The standard InChI is InChI=1S/C20H18ClN3O2/c1-26-15-7-4-6-13(9-15)16-10-19(25)23-20-17(16)11-22-24(20)12-14-5-2-3-8-18(14)21/h2-9,11,16H,10,12H2,1H3,(H,23,25). The molecule has 4 rings (SSSR count). The van der Waals surface area contributed by atoms with Gasteiger partial charge in [0, 0.05) is 22.9 Å². The second-order valence-corrected chi connectivity index (χ2v) is 6.69. The Morgan fingerprint density at radius 2 is 2.12 bits per heavy atom. The number of rotatable bonds is 4. The summed E-state index contributed by atoms with van der Waals surface area (Å²) in [5.74, 6) is 1.44. The van der Waals surface area contributed by atoms with Crippen LogP contribution in [0.15, 0.2) is 54.7 Å². The Morgan fingerprint density at radius 3 is 2.92 bits per heavy atom. The van der Waals surface area contributed by atoms with Gasteiger partial charge in [-0.2, -0.15) is 5.10 Å². The number of fused-ring (bicyclic) bond motifs is 1. The maximum absolute atomic E-state index is 12.3. The molecule has 0 fully saturated rings. The lowest BCUT2D eigenvalue weighted by Crippen LogP contribution is -2.25. The predicted molar refractivity (Wildman–Crippen MR) is 101 cm³/mol. The lowest BCUT2D eigenvalue weighted by atomic mass is 9.87. The van der Waals surface area contributed by atoms with Gasteiger partial charge < -0.3 is 10.1 Å². The molecule has 1 atom stereocenters. The molecule has 5 nitrogen and oxygen atoms in total. The van der Waals surface area contributed by atoms with Crippen molar-refractivity contribution >= 4 is 23.3 Å². The van der Waals surface area contributed by atoms with Crippen LogP contribution in [-0.4, -0.2) is 22.8 Å². The number of amides is 1. The van der Waals surface area contributed by atoms with Gasteiger partial charge in [-0.15, -0.1) is 0 Å². The van der Waals surface area contributed by atoms with Crippen molar-refractivity contribution in [1.82, 2.24) is 9.78 Å². The highest BCUT2D eigenvalue weighted by Gasteiger charge is 2.30. The van der Waals surface area contributed by atoms with Crippen LogP contribution in [-0.2, 0) is 11.3 Å². The molecule has 2 aromatic carbocycles. The van der Waals surface area contributed by atoms with E-state index in [0.29, 0.717) is 18.0 Å². The molecule has 1 N–H and O–H groups in total. The van der Waals surface area contributed by atoms with E-state index in [1.807, 2.05) is 54.7 Å². The third kappa shape index (κ3) is 3.06. The molecule has 0 radical (unpaired) electrons. The summed E-state index contributed by atoms with van der Waals surface area (Å²) in [5.41, 5.74) is 3.00. The third-order valence-electron chi connectivity index (χ3n) is 4.66. The highest BCUT2D eigenvalue weighted by Crippen LogP contribution is 2.38. The fourth-order valence-electron chi connectivity index (χ4n) is 3.33. The minimum absolute atomic E-state index is 0.0220. The van der Waals surface area contributed by atoms with E-state index in [4.69, 9.17) is 16.3 Å². The molecule has 1 unspecified atom stereocenters. The fraction of sp³-hybridized carbons (Fsp3) is 0.200. The number of nitrogens with one attached hydrogen (secondary N) is 1. The number of nitrogens with zero attached hydrogens (tertiary/aromatic N) is 2. The van der Waals surface area contributed by atoms with Gasteiger partial charge in [-0.25, -0.2) is 4.68 Å². The molecule has 1 amide bonds. The van der Waals surface area contributed by atoms with Gasteiger partial charge in [0.25, 0.3) is 0 Å². The quantitative estimate of drug-likeness (QED) is 0.756. The number of hydrogen-bond acceptors (Lipinski definition) is 3. The first-order valence-electron chi connectivity index (χ1n) is 8.38. The number of benzene rings is 2. The van der Waals surface area contributed by atoms with Crippen molar-refractivity contribution in [3.63, 3.8) is 0 Å². The summed E-state index contributed by atoms with van der Waals surface area (Å²) in [7, 11) is 1.64. The van der Waals surface area contributed by atoms with E-state index in [-0.39, 0.29) is 11.8 Å². The molecular weight excluding hydrogens is 350 g/mol. The van der Waals surface area contributed by atoms with Crippen molar-refractivity contribution in [1.29, 1.82) is 0 Å². The van der Waals surface area contributed by atoms with Gasteiger partial charge in [-0.05, 0) is 29.3 Å². The normalized spacial score (nSPS) is 16.1. The van der Waals surface area contributed by atoms with Gasteiger partial charge in [0.2, 0.25) is 5.91 Å². The molecule has 0 bridgehead atoms. The molecular formula is C20H18ClN3O2. The Morgan fingerprint density at radius 1 is 1.27 bits per heavy atom. The van der Waals surface area contributed by atoms with E-state index in [9.17, 15) is 4.79 Å². The Balaban J connectivity index is 1.72. The zero-order valence-electron chi connectivity index (χ0n) is 14.3. The molecule has 26 heavy (non-hydrogen) atoms. The van der Waals surface area contributed by atoms with E-state index in [0.717, 1.165) is 28.3 Å². The summed E-state index contributed by atoms with van der Waals surface area (Å²) in [6.07, 6.45) is 2.22. The average molecular weight is 368 g/mol. The Kier molecular flexibility index (Phi) is 4.39. The molecule has 2 heterocycles. The van der Waals surface area contributed by atoms with Crippen LogP contribution in [0.25, 0.3) is 0 Å². The minimum Gasteiger partial charge on any atom is -0.497 e. The van der Waals surface area contributed by atoms with Crippen LogP contribution < -0.4 is 10.1 Å². The summed E-state index contributed by atoms with van der Waals surface area (Å²) in [5, 5.41) is 8.15. The first kappa shape index (κ1) is 16.7. The number of carbonyl (C=O) groups excluding carboxylic acids is 1. The largest absolute Gasteiger partial charge is 0.497 e. The monoisotopic (exact) mass is 367 g/mol. The van der Waals surface area contributed by atoms with Crippen LogP contribution in [0, 0.1) is 0 Å². The number of halogens is 1. The highest BCUT2D eigenvalue weighted by molar-refractivity contribution is 6.31. The Hall–Kier alpha value is -2.79. The van der Waals surface area contributed by atoms with Crippen LogP contribution in [0.2, 0.25) is 5.02 Å². The van der Waals surface area contributed by atoms with Gasteiger partial charge in [0.15, 0.2) is 0 Å². The second kappa shape index (κ2) is 6.84. The van der Waals surface area contributed by atoms with Crippen LogP contribution in [0.3, 0.4) is 0 Å². The SMILES string of the molecule is COc1cccc(C2CC(=O)Nc3c2cnn3Cc2ccccc2Cl)c1. The minimum atomic E-state index is -0.0474.